The number of hydrogen-bond acceptors (Lipinski definition) is 3. The molecular weight excluding hydrogens is 214 g/mol. The minimum absolute atomic E-state index is 0.0118. The number of alkyl halides is 1. The van der Waals surface area contributed by atoms with Gasteiger partial charge >= 0.3 is 0 Å². The van der Waals surface area contributed by atoms with E-state index in [1.807, 2.05) is 13.8 Å². The third kappa shape index (κ3) is 8.49. The van der Waals surface area contributed by atoms with Crippen molar-refractivity contribution in [2.24, 2.45) is 0 Å². The van der Waals surface area contributed by atoms with Crippen molar-refractivity contribution in [3.05, 3.63) is 0 Å². The molecule has 0 atom stereocenters. The van der Waals surface area contributed by atoms with Crippen LogP contribution in [-0.4, -0.2) is 39.3 Å². The maximum Gasteiger partial charge on any atom is 0.213 e. The normalized spacial score (nSPS) is 12.3. The van der Waals surface area contributed by atoms with E-state index in [1.54, 1.807) is 0 Å². The molecule has 0 bridgehead atoms. The predicted molar refractivity (Wildman–Crippen MR) is 53.6 cm³/mol. The quantitative estimate of drug-likeness (QED) is 0.650. The Labute approximate surface area is 84.7 Å². The van der Waals surface area contributed by atoms with E-state index < -0.39 is 10.0 Å². The average Bonchev–Trinajstić information content (AvgIpc) is 2.00. The highest BCUT2D eigenvalue weighted by Gasteiger charge is 2.08. The maximum absolute atomic E-state index is 11.1. The van der Waals surface area contributed by atoms with Crippen molar-refractivity contribution in [2.45, 2.75) is 20.0 Å². The van der Waals surface area contributed by atoms with Gasteiger partial charge in [-0.3, -0.25) is 0 Å². The van der Waals surface area contributed by atoms with E-state index in [1.165, 1.54) is 0 Å². The molecule has 0 aromatic heterocycles. The molecule has 0 aliphatic carbocycles. The number of halogens is 1. The molecule has 0 radical (unpaired) electrons. The summed E-state index contributed by atoms with van der Waals surface area (Å²) < 4.78 is 29.7. The summed E-state index contributed by atoms with van der Waals surface area (Å²) in [7, 11) is -3.20. The van der Waals surface area contributed by atoms with Gasteiger partial charge in [0.25, 0.3) is 0 Å². The second-order valence-electron chi connectivity index (χ2n) is 2.82. The molecule has 1 N–H and O–H groups in total. The Morgan fingerprint density at radius 1 is 1.46 bits per heavy atom. The van der Waals surface area contributed by atoms with Gasteiger partial charge in [0.15, 0.2) is 0 Å². The molecular formula is C7H16ClNO3S. The second kappa shape index (κ2) is 6.59. The fourth-order valence-corrected chi connectivity index (χ4v) is 1.74. The van der Waals surface area contributed by atoms with E-state index in [2.05, 4.69) is 4.72 Å². The molecule has 0 fully saturated rings. The third-order valence-electron chi connectivity index (χ3n) is 1.22. The SMILES string of the molecule is CC(C)OCCS(=O)(=O)NCCCl. The van der Waals surface area contributed by atoms with Crippen LogP contribution < -0.4 is 4.72 Å². The zero-order chi connectivity index (χ0) is 10.3. The van der Waals surface area contributed by atoms with Crippen molar-refractivity contribution in [3.63, 3.8) is 0 Å². The van der Waals surface area contributed by atoms with Crippen LogP contribution in [0.5, 0.6) is 0 Å². The lowest BCUT2D eigenvalue weighted by Gasteiger charge is -2.08. The first kappa shape index (κ1) is 13.2. The summed E-state index contributed by atoms with van der Waals surface area (Å²) in [4.78, 5) is 0. The molecule has 13 heavy (non-hydrogen) atoms. The van der Waals surface area contributed by atoms with Gasteiger partial charge in [-0.2, -0.15) is 0 Å². The van der Waals surface area contributed by atoms with Crippen LogP contribution >= 0.6 is 11.6 Å². The van der Waals surface area contributed by atoms with Crippen LogP contribution in [0.25, 0.3) is 0 Å². The topological polar surface area (TPSA) is 55.4 Å². The zero-order valence-electron chi connectivity index (χ0n) is 7.92. The van der Waals surface area contributed by atoms with E-state index in [9.17, 15) is 8.42 Å². The fraction of sp³-hybridized carbons (Fsp3) is 1.00. The Kier molecular flexibility index (Phi) is 6.67. The van der Waals surface area contributed by atoms with Crippen LogP contribution in [-0.2, 0) is 14.8 Å². The summed E-state index contributed by atoms with van der Waals surface area (Å²) in [5.74, 6) is 0.270. The number of sulfonamides is 1. The first-order valence-corrected chi connectivity index (χ1v) is 6.31. The Morgan fingerprint density at radius 3 is 2.54 bits per heavy atom. The van der Waals surface area contributed by atoms with Crippen LogP contribution in [0.4, 0.5) is 0 Å². The van der Waals surface area contributed by atoms with Crippen molar-refractivity contribution in [3.8, 4) is 0 Å². The summed E-state index contributed by atoms with van der Waals surface area (Å²) >= 11 is 5.33. The molecule has 0 spiro atoms. The first-order valence-electron chi connectivity index (χ1n) is 4.13. The largest absolute Gasteiger partial charge is 0.378 e. The molecule has 0 aromatic carbocycles. The summed E-state index contributed by atoms with van der Waals surface area (Å²) in [6.07, 6.45) is 0.0585. The minimum atomic E-state index is -3.20. The van der Waals surface area contributed by atoms with Crippen molar-refractivity contribution < 1.29 is 13.2 Å². The highest BCUT2D eigenvalue weighted by molar-refractivity contribution is 7.89. The van der Waals surface area contributed by atoms with Crippen LogP contribution in [0.15, 0.2) is 0 Å². The molecule has 4 nitrogen and oxygen atoms in total. The fourth-order valence-electron chi connectivity index (χ4n) is 0.660. The van der Waals surface area contributed by atoms with E-state index in [-0.39, 0.29) is 30.9 Å². The molecule has 0 aliphatic heterocycles. The number of hydrogen-bond donors (Lipinski definition) is 1. The molecule has 0 amide bonds. The molecule has 80 valence electrons. The Bertz CT molecular complexity index is 216. The molecule has 0 saturated heterocycles. The predicted octanol–water partition coefficient (Wildman–Crippen LogP) is 0.570. The van der Waals surface area contributed by atoms with Gasteiger partial charge in [-0.05, 0) is 13.8 Å². The lowest BCUT2D eigenvalue weighted by molar-refractivity contribution is 0.0911. The van der Waals surface area contributed by atoms with Gasteiger partial charge in [0.1, 0.15) is 0 Å². The van der Waals surface area contributed by atoms with Gasteiger partial charge in [-0.1, -0.05) is 0 Å². The number of rotatable bonds is 7. The monoisotopic (exact) mass is 229 g/mol. The summed E-state index contributed by atoms with van der Waals surface area (Å²) in [5, 5.41) is 0. The minimum Gasteiger partial charge on any atom is -0.378 e. The van der Waals surface area contributed by atoms with Crippen molar-refractivity contribution >= 4 is 21.6 Å². The molecule has 0 aromatic rings. The zero-order valence-corrected chi connectivity index (χ0v) is 9.49. The lowest BCUT2D eigenvalue weighted by Crippen LogP contribution is -2.30. The smallest absolute Gasteiger partial charge is 0.213 e. The summed E-state index contributed by atoms with van der Waals surface area (Å²) in [6.45, 7) is 4.21. The van der Waals surface area contributed by atoms with Gasteiger partial charge in [0.2, 0.25) is 10.0 Å². The van der Waals surface area contributed by atoms with Gasteiger partial charge < -0.3 is 4.74 Å². The molecule has 0 heterocycles. The lowest BCUT2D eigenvalue weighted by atomic mass is 10.5. The Morgan fingerprint density at radius 2 is 2.08 bits per heavy atom. The van der Waals surface area contributed by atoms with E-state index in [0.29, 0.717) is 0 Å². The first-order chi connectivity index (χ1) is 5.98. The van der Waals surface area contributed by atoms with Gasteiger partial charge in [0.05, 0.1) is 18.5 Å². The van der Waals surface area contributed by atoms with Crippen LogP contribution in [0.3, 0.4) is 0 Å². The second-order valence-corrected chi connectivity index (χ2v) is 5.13. The number of nitrogens with one attached hydrogen (secondary N) is 1. The maximum atomic E-state index is 11.1. The Balaban J connectivity index is 3.64. The number of ether oxygens (including phenoxy) is 1. The van der Waals surface area contributed by atoms with Gasteiger partial charge in [-0.15, -0.1) is 11.6 Å². The van der Waals surface area contributed by atoms with E-state index >= 15 is 0 Å². The highest BCUT2D eigenvalue weighted by atomic mass is 35.5. The van der Waals surface area contributed by atoms with Crippen molar-refractivity contribution in [1.82, 2.24) is 4.72 Å². The highest BCUT2D eigenvalue weighted by Crippen LogP contribution is 1.90. The van der Waals surface area contributed by atoms with Crippen LogP contribution in [0, 0.1) is 0 Å². The Hall–Kier alpha value is 0.160. The average molecular weight is 230 g/mol. The molecule has 6 heteroatoms. The summed E-state index contributed by atoms with van der Waals surface area (Å²) in [6, 6.07) is 0. The summed E-state index contributed by atoms with van der Waals surface area (Å²) in [5.41, 5.74) is 0. The van der Waals surface area contributed by atoms with E-state index in [0.717, 1.165) is 0 Å². The van der Waals surface area contributed by atoms with Crippen LogP contribution in [0.2, 0.25) is 0 Å². The van der Waals surface area contributed by atoms with Crippen LogP contribution in [0.1, 0.15) is 13.8 Å². The standard InChI is InChI=1S/C7H16ClNO3S/c1-7(2)12-5-6-13(10,11)9-4-3-8/h7,9H,3-6H2,1-2H3. The molecule has 0 rings (SSSR count). The van der Waals surface area contributed by atoms with Gasteiger partial charge in [0, 0.05) is 12.4 Å². The molecule has 0 unspecified atom stereocenters. The van der Waals surface area contributed by atoms with Crippen molar-refractivity contribution in [1.29, 1.82) is 0 Å². The molecule has 0 saturated carbocycles. The third-order valence-corrected chi connectivity index (χ3v) is 2.76. The van der Waals surface area contributed by atoms with Crippen molar-refractivity contribution in [2.75, 3.05) is 24.8 Å². The van der Waals surface area contributed by atoms with E-state index in [4.69, 9.17) is 16.3 Å². The molecule has 0 aliphatic rings. The van der Waals surface area contributed by atoms with Gasteiger partial charge in [-0.25, -0.2) is 13.1 Å².